The number of pyridine rings is 1. The van der Waals surface area contributed by atoms with E-state index in [0.29, 0.717) is 17.2 Å². The van der Waals surface area contributed by atoms with Gasteiger partial charge in [-0.3, -0.25) is 0 Å². The molecule has 3 nitrogen and oxygen atoms in total. The highest BCUT2D eigenvalue weighted by Gasteiger charge is 2.06. The van der Waals surface area contributed by atoms with Crippen LogP contribution in [0.5, 0.6) is 11.6 Å². The van der Waals surface area contributed by atoms with Crippen molar-refractivity contribution < 1.29 is 9.13 Å². The molecule has 0 saturated heterocycles. The molecule has 0 amide bonds. The Hall–Kier alpha value is -1.94. The lowest BCUT2D eigenvalue weighted by molar-refractivity contribution is 0.456. The van der Waals surface area contributed by atoms with Crippen LogP contribution in [0.2, 0.25) is 0 Å². The Bertz CT molecular complexity index is 584. The molecule has 1 heterocycles. The van der Waals surface area contributed by atoms with Crippen molar-refractivity contribution in [3.05, 3.63) is 53.0 Å². The standard InChI is InChI=1S/C15H17FN2O/c1-10-7-13(4-5-14(10)16)19-15-11(2)6-12(8-17-3)9-18-15/h4-7,9,17H,8H2,1-3H3. The molecule has 1 N–H and O–H groups in total. The molecule has 0 aliphatic carbocycles. The summed E-state index contributed by atoms with van der Waals surface area (Å²) in [6, 6.07) is 6.69. The van der Waals surface area contributed by atoms with Gasteiger partial charge in [-0.25, -0.2) is 9.37 Å². The molecule has 100 valence electrons. The summed E-state index contributed by atoms with van der Waals surface area (Å²) in [5.41, 5.74) is 2.61. The van der Waals surface area contributed by atoms with Crippen LogP contribution in [0.1, 0.15) is 16.7 Å². The number of hydrogen-bond acceptors (Lipinski definition) is 3. The van der Waals surface area contributed by atoms with E-state index < -0.39 is 0 Å². The summed E-state index contributed by atoms with van der Waals surface area (Å²) in [6.45, 7) is 4.42. The molecule has 0 bridgehead atoms. The van der Waals surface area contributed by atoms with E-state index in [1.165, 1.54) is 6.07 Å². The average molecular weight is 260 g/mol. The zero-order valence-electron chi connectivity index (χ0n) is 11.3. The fraction of sp³-hybridized carbons (Fsp3) is 0.267. The summed E-state index contributed by atoms with van der Waals surface area (Å²) in [6.07, 6.45) is 1.77. The van der Waals surface area contributed by atoms with E-state index in [2.05, 4.69) is 10.3 Å². The van der Waals surface area contributed by atoms with Gasteiger partial charge >= 0.3 is 0 Å². The molecular formula is C15H17FN2O. The third-order valence-corrected chi connectivity index (χ3v) is 2.81. The Labute approximate surface area is 112 Å². The van der Waals surface area contributed by atoms with Crippen LogP contribution in [0.3, 0.4) is 0 Å². The zero-order chi connectivity index (χ0) is 13.8. The van der Waals surface area contributed by atoms with Crippen molar-refractivity contribution in [1.29, 1.82) is 0 Å². The van der Waals surface area contributed by atoms with Crippen LogP contribution in [0, 0.1) is 19.7 Å². The number of halogens is 1. The maximum absolute atomic E-state index is 13.2. The van der Waals surface area contributed by atoms with Gasteiger partial charge in [-0.05, 0) is 56.3 Å². The largest absolute Gasteiger partial charge is 0.439 e. The molecule has 0 spiro atoms. The molecule has 0 atom stereocenters. The van der Waals surface area contributed by atoms with E-state index in [1.807, 2.05) is 20.0 Å². The van der Waals surface area contributed by atoms with Gasteiger partial charge in [-0.15, -0.1) is 0 Å². The molecular weight excluding hydrogens is 243 g/mol. The molecule has 2 aromatic rings. The van der Waals surface area contributed by atoms with Gasteiger partial charge in [-0.2, -0.15) is 0 Å². The van der Waals surface area contributed by atoms with Gasteiger partial charge in [0.15, 0.2) is 0 Å². The normalized spacial score (nSPS) is 10.5. The Morgan fingerprint density at radius 2 is 2.00 bits per heavy atom. The van der Waals surface area contributed by atoms with Crippen LogP contribution in [-0.4, -0.2) is 12.0 Å². The Balaban J connectivity index is 2.20. The first-order chi connectivity index (χ1) is 9.10. The minimum absolute atomic E-state index is 0.235. The predicted octanol–water partition coefficient (Wildman–Crippen LogP) is 3.35. The number of nitrogens with one attached hydrogen (secondary N) is 1. The lowest BCUT2D eigenvalue weighted by Crippen LogP contribution is -2.06. The summed E-state index contributed by atoms with van der Waals surface area (Å²) in [5, 5.41) is 3.07. The third-order valence-electron chi connectivity index (χ3n) is 2.81. The van der Waals surface area contributed by atoms with Crippen molar-refractivity contribution in [2.24, 2.45) is 0 Å². The summed E-state index contributed by atoms with van der Waals surface area (Å²) < 4.78 is 18.9. The van der Waals surface area contributed by atoms with Gasteiger partial charge in [0.05, 0.1) is 0 Å². The van der Waals surface area contributed by atoms with Crippen LogP contribution in [0.4, 0.5) is 4.39 Å². The zero-order valence-corrected chi connectivity index (χ0v) is 11.3. The number of aromatic nitrogens is 1. The molecule has 2 rings (SSSR count). The first kappa shape index (κ1) is 13.5. The van der Waals surface area contributed by atoms with Gasteiger partial charge < -0.3 is 10.1 Å². The van der Waals surface area contributed by atoms with Gasteiger partial charge in [0.2, 0.25) is 5.88 Å². The first-order valence-electron chi connectivity index (χ1n) is 6.14. The highest BCUT2D eigenvalue weighted by Crippen LogP contribution is 2.24. The van der Waals surface area contributed by atoms with Crippen molar-refractivity contribution in [2.75, 3.05) is 7.05 Å². The molecule has 19 heavy (non-hydrogen) atoms. The minimum atomic E-state index is -0.235. The van der Waals surface area contributed by atoms with Crippen molar-refractivity contribution in [3.63, 3.8) is 0 Å². The van der Waals surface area contributed by atoms with Gasteiger partial charge in [0.25, 0.3) is 0 Å². The van der Waals surface area contributed by atoms with E-state index in [9.17, 15) is 4.39 Å². The van der Waals surface area contributed by atoms with Crippen LogP contribution in [0.25, 0.3) is 0 Å². The lowest BCUT2D eigenvalue weighted by atomic mass is 10.2. The summed E-state index contributed by atoms with van der Waals surface area (Å²) >= 11 is 0. The second-order valence-corrected chi connectivity index (χ2v) is 4.51. The van der Waals surface area contributed by atoms with E-state index in [4.69, 9.17) is 4.74 Å². The SMILES string of the molecule is CNCc1cnc(Oc2ccc(F)c(C)c2)c(C)c1. The first-order valence-corrected chi connectivity index (χ1v) is 6.14. The maximum Gasteiger partial charge on any atom is 0.222 e. The number of rotatable bonds is 4. The Morgan fingerprint density at radius 1 is 1.21 bits per heavy atom. The highest BCUT2D eigenvalue weighted by molar-refractivity contribution is 5.35. The Kier molecular flexibility index (Phi) is 4.12. The number of benzene rings is 1. The topological polar surface area (TPSA) is 34.2 Å². The molecule has 1 aromatic carbocycles. The van der Waals surface area contributed by atoms with E-state index in [-0.39, 0.29) is 5.82 Å². The number of nitrogens with zero attached hydrogens (tertiary/aromatic N) is 1. The molecule has 0 fully saturated rings. The van der Waals surface area contributed by atoms with Crippen LogP contribution in [0.15, 0.2) is 30.5 Å². The lowest BCUT2D eigenvalue weighted by Gasteiger charge is -2.10. The summed E-state index contributed by atoms with van der Waals surface area (Å²) in [4.78, 5) is 4.29. The van der Waals surface area contributed by atoms with Gasteiger partial charge in [0, 0.05) is 18.3 Å². The predicted molar refractivity (Wildman–Crippen MR) is 72.9 cm³/mol. The minimum Gasteiger partial charge on any atom is -0.439 e. The second-order valence-electron chi connectivity index (χ2n) is 4.51. The third kappa shape index (κ3) is 3.29. The average Bonchev–Trinajstić information content (AvgIpc) is 2.37. The summed E-state index contributed by atoms with van der Waals surface area (Å²) in [5.74, 6) is 0.906. The van der Waals surface area contributed by atoms with Crippen molar-refractivity contribution in [3.8, 4) is 11.6 Å². The molecule has 0 aliphatic heterocycles. The quantitative estimate of drug-likeness (QED) is 0.915. The van der Waals surface area contributed by atoms with Gasteiger partial charge in [0.1, 0.15) is 11.6 Å². The van der Waals surface area contributed by atoms with Gasteiger partial charge in [-0.1, -0.05) is 0 Å². The van der Waals surface area contributed by atoms with Crippen LogP contribution >= 0.6 is 0 Å². The molecule has 1 aromatic heterocycles. The molecule has 0 unspecified atom stereocenters. The van der Waals surface area contributed by atoms with Crippen molar-refractivity contribution in [2.45, 2.75) is 20.4 Å². The number of aryl methyl sites for hydroxylation is 2. The van der Waals surface area contributed by atoms with E-state index in [1.54, 1.807) is 25.3 Å². The Morgan fingerprint density at radius 3 is 2.63 bits per heavy atom. The maximum atomic E-state index is 13.2. The monoisotopic (exact) mass is 260 g/mol. The smallest absolute Gasteiger partial charge is 0.222 e. The van der Waals surface area contributed by atoms with Crippen molar-refractivity contribution >= 4 is 0 Å². The molecule has 0 radical (unpaired) electrons. The highest BCUT2D eigenvalue weighted by atomic mass is 19.1. The fourth-order valence-electron chi connectivity index (χ4n) is 1.82. The van der Waals surface area contributed by atoms with E-state index >= 15 is 0 Å². The molecule has 0 saturated carbocycles. The molecule has 4 heteroatoms. The van der Waals surface area contributed by atoms with E-state index in [0.717, 1.165) is 17.7 Å². The summed E-state index contributed by atoms with van der Waals surface area (Å²) in [7, 11) is 1.89. The number of hydrogen-bond donors (Lipinski definition) is 1. The second kappa shape index (κ2) is 5.80. The van der Waals surface area contributed by atoms with Crippen LogP contribution < -0.4 is 10.1 Å². The number of ether oxygens (including phenoxy) is 1. The van der Waals surface area contributed by atoms with Crippen LogP contribution in [-0.2, 0) is 6.54 Å². The van der Waals surface area contributed by atoms with Crippen molar-refractivity contribution in [1.82, 2.24) is 10.3 Å². The molecule has 0 aliphatic rings. The fourth-order valence-corrected chi connectivity index (χ4v) is 1.82.